The molecule has 2 saturated heterocycles. The van der Waals surface area contributed by atoms with Crippen molar-refractivity contribution in [3.8, 4) is 0 Å². The van der Waals surface area contributed by atoms with Gasteiger partial charge in [0.15, 0.2) is 0 Å². The molecule has 0 bridgehead atoms. The molecule has 2 unspecified atom stereocenters. The van der Waals surface area contributed by atoms with Crippen LogP contribution in [0.15, 0.2) is 24.3 Å². The first-order valence-corrected chi connectivity index (χ1v) is 7.17. The highest BCUT2D eigenvalue weighted by Gasteiger charge is 2.41. The van der Waals surface area contributed by atoms with Gasteiger partial charge in [0.1, 0.15) is 0 Å². The quantitative estimate of drug-likeness (QED) is 0.854. The molecule has 0 aliphatic carbocycles. The third kappa shape index (κ3) is 3.40. The SMILES string of the molecule is Cl.OC1(c2ccc(C(F)(F)F)cc2)CN2CCCCC2CO1. The Hall–Kier alpha value is -0.820. The lowest BCUT2D eigenvalue weighted by Gasteiger charge is -2.46. The van der Waals surface area contributed by atoms with Crippen molar-refractivity contribution in [2.24, 2.45) is 0 Å². The van der Waals surface area contributed by atoms with Crippen LogP contribution in [-0.4, -0.2) is 35.7 Å². The molecule has 0 saturated carbocycles. The molecule has 2 atom stereocenters. The molecule has 0 aromatic heterocycles. The fraction of sp³-hybridized carbons (Fsp3) is 0.600. The maximum absolute atomic E-state index is 12.6. The predicted octanol–water partition coefficient (Wildman–Crippen LogP) is 3.16. The van der Waals surface area contributed by atoms with Crippen LogP contribution in [0.25, 0.3) is 0 Å². The summed E-state index contributed by atoms with van der Waals surface area (Å²) in [6, 6.07) is 4.88. The Kier molecular flexibility index (Phi) is 5.06. The van der Waals surface area contributed by atoms with Crippen LogP contribution >= 0.6 is 12.4 Å². The molecule has 0 spiro atoms. The molecular weight excluding hydrogens is 319 g/mol. The van der Waals surface area contributed by atoms with E-state index < -0.39 is 17.5 Å². The maximum atomic E-state index is 12.6. The topological polar surface area (TPSA) is 32.7 Å². The number of rotatable bonds is 1. The number of ether oxygens (including phenoxy) is 1. The molecule has 0 amide bonds. The fourth-order valence-electron chi connectivity index (χ4n) is 3.11. The zero-order chi connectivity index (χ0) is 15.1. The Morgan fingerprint density at radius 3 is 2.50 bits per heavy atom. The standard InChI is InChI=1S/C15H18F3NO2.ClH/c16-15(17,18)12-6-4-11(5-7-12)14(20)10-19-8-2-1-3-13(19)9-21-14;/h4-7,13,20H,1-3,8-10H2;1H. The minimum absolute atomic E-state index is 0. The van der Waals surface area contributed by atoms with Crippen LogP contribution in [0.3, 0.4) is 0 Å². The number of fused-ring (bicyclic) bond motifs is 1. The van der Waals surface area contributed by atoms with E-state index in [1.807, 2.05) is 0 Å². The van der Waals surface area contributed by atoms with E-state index in [4.69, 9.17) is 4.74 Å². The van der Waals surface area contributed by atoms with Crippen molar-refractivity contribution >= 4 is 12.4 Å². The Balaban J connectivity index is 0.00000176. The van der Waals surface area contributed by atoms with Crippen LogP contribution in [0.4, 0.5) is 13.2 Å². The second kappa shape index (κ2) is 6.35. The third-order valence-corrected chi connectivity index (χ3v) is 4.34. The minimum Gasteiger partial charge on any atom is -0.361 e. The van der Waals surface area contributed by atoms with Crippen molar-refractivity contribution in [2.75, 3.05) is 19.7 Å². The summed E-state index contributed by atoms with van der Waals surface area (Å²) in [6.45, 7) is 1.62. The Bertz CT molecular complexity index is 509. The van der Waals surface area contributed by atoms with Crippen LogP contribution < -0.4 is 0 Å². The molecule has 1 aromatic carbocycles. The number of nitrogens with zero attached hydrogens (tertiary/aromatic N) is 1. The largest absolute Gasteiger partial charge is 0.416 e. The summed E-state index contributed by atoms with van der Waals surface area (Å²) in [5.74, 6) is -1.52. The highest BCUT2D eigenvalue weighted by molar-refractivity contribution is 5.85. The van der Waals surface area contributed by atoms with Gasteiger partial charge >= 0.3 is 6.18 Å². The summed E-state index contributed by atoms with van der Waals surface area (Å²) in [5.41, 5.74) is -0.346. The summed E-state index contributed by atoms with van der Waals surface area (Å²) >= 11 is 0. The lowest BCUT2D eigenvalue weighted by Crippen LogP contribution is -2.56. The van der Waals surface area contributed by atoms with Gasteiger partial charge in [0.25, 0.3) is 0 Å². The van der Waals surface area contributed by atoms with Gasteiger partial charge < -0.3 is 9.84 Å². The van der Waals surface area contributed by atoms with Crippen LogP contribution in [0.1, 0.15) is 30.4 Å². The highest BCUT2D eigenvalue weighted by atomic mass is 35.5. The maximum Gasteiger partial charge on any atom is 0.416 e. The van der Waals surface area contributed by atoms with Crippen LogP contribution in [0.5, 0.6) is 0 Å². The van der Waals surface area contributed by atoms with Gasteiger partial charge in [0, 0.05) is 11.6 Å². The number of benzene rings is 1. The Morgan fingerprint density at radius 1 is 1.18 bits per heavy atom. The first-order valence-electron chi connectivity index (χ1n) is 7.17. The molecule has 2 aliphatic heterocycles. The van der Waals surface area contributed by atoms with Crippen molar-refractivity contribution < 1.29 is 23.0 Å². The molecule has 3 rings (SSSR count). The van der Waals surface area contributed by atoms with Crippen molar-refractivity contribution in [2.45, 2.75) is 37.3 Å². The third-order valence-electron chi connectivity index (χ3n) is 4.34. The van der Waals surface area contributed by atoms with E-state index >= 15 is 0 Å². The van der Waals surface area contributed by atoms with Gasteiger partial charge in [-0.2, -0.15) is 13.2 Å². The highest BCUT2D eigenvalue weighted by Crippen LogP contribution is 2.35. The van der Waals surface area contributed by atoms with Crippen molar-refractivity contribution in [3.05, 3.63) is 35.4 Å². The van der Waals surface area contributed by atoms with Gasteiger partial charge in [0.2, 0.25) is 5.79 Å². The van der Waals surface area contributed by atoms with Crippen molar-refractivity contribution in [1.29, 1.82) is 0 Å². The number of aliphatic hydroxyl groups is 1. The molecule has 1 N–H and O–H groups in total. The first kappa shape index (κ1) is 17.5. The second-order valence-corrected chi connectivity index (χ2v) is 5.79. The van der Waals surface area contributed by atoms with Gasteiger partial charge in [0.05, 0.1) is 18.7 Å². The first-order chi connectivity index (χ1) is 9.88. The van der Waals surface area contributed by atoms with Gasteiger partial charge in [-0.05, 0) is 31.5 Å². The fourth-order valence-corrected chi connectivity index (χ4v) is 3.11. The summed E-state index contributed by atoms with van der Waals surface area (Å²) in [7, 11) is 0. The lowest BCUT2D eigenvalue weighted by molar-refractivity contribution is -0.264. The number of morpholine rings is 1. The Morgan fingerprint density at radius 2 is 1.86 bits per heavy atom. The summed E-state index contributed by atoms with van der Waals surface area (Å²) in [6.07, 6.45) is -1.08. The molecule has 7 heteroatoms. The average molecular weight is 338 g/mol. The van der Waals surface area contributed by atoms with E-state index in [0.717, 1.165) is 37.9 Å². The zero-order valence-electron chi connectivity index (χ0n) is 12.0. The monoisotopic (exact) mass is 337 g/mol. The molecule has 3 nitrogen and oxygen atoms in total. The van der Waals surface area contributed by atoms with E-state index in [1.165, 1.54) is 12.1 Å². The van der Waals surface area contributed by atoms with E-state index in [-0.39, 0.29) is 12.4 Å². The molecule has 2 fully saturated rings. The summed E-state index contributed by atoms with van der Waals surface area (Å²) < 4.78 is 43.3. The van der Waals surface area contributed by atoms with Gasteiger partial charge in [-0.25, -0.2) is 0 Å². The molecular formula is C15H19ClF3NO2. The van der Waals surface area contributed by atoms with Gasteiger partial charge in [-0.15, -0.1) is 12.4 Å². The molecule has 2 heterocycles. The summed E-state index contributed by atoms with van der Waals surface area (Å²) in [4.78, 5) is 2.17. The predicted molar refractivity (Wildman–Crippen MR) is 77.8 cm³/mol. The summed E-state index contributed by atoms with van der Waals surface area (Å²) in [5, 5.41) is 10.6. The molecule has 0 radical (unpaired) electrons. The number of alkyl halides is 3. The second-order valence-electron chi connectivity index (χ2n) is 5.79. The van der Waals surface area contributed by atoms with Crippen molar-refractivity contribution in [3.63, 3.8) is 0 Å². The molecule has 22 heavy (non-hydrogen) atoms. The minimum atomic E-state index is -4.37. The van der Waals surface area contributed by atoms with Crippen LogP contribution in [0, 0.1) is 0 Å². The average Bonchev–Trinajstić information content (AvgIpc) is 2.46. The number of hydrogen-bond donors (Lipinski definition) is 1. The van der Waals surface area contributed by atoms with E-state index in [1.54, 1.807) is 0 Å². The van der Waals surface area contributed by atoms with Crippen molar-refractivity contribution in [1.82, 2.24) is 4.90 Å². The van der Waals surface area contributed by atoms with E-state index in [9.17, 15) is 18.3 Å². The zero-order valence-corrected chi connectivity index (χ0v) is 12.8. The van der Waals surface area contributed by atoms with E-state index in [0.29, 0.717) is 24.8 Å². The lowest BCUT2D eigenvalue weighted by atomic mass is 9.96. The molecule has 1 aromatic rings. The smallest absolute Gasteiger partial charge is 0.361 e. The number of halogens is 4. The number of piperidine rings is 1. The Labute approximate surface area is 133 Å². The van der Waals surface area contributed by atoms with Gasteiger partial charge in [-0.1, -0.05) is 18.6 Å². The van der Waals surface area contributed by atoms with Crippen LogP contribution in [-0.2, 0) is 16.7 Å². The normalized spacial score (nSPS) is 29.5. The van der Waals surface area contributed by atoms with E-state index in [2.05, 4.69) is 4.90 Å². The molecule has 124 valence electrons. The van der Waals surface area contributed by atoms with Crippen LogP contribution in [0.2, 0.25) is 0 Å². The number of hydrogen-bond acceptors (Lipinski definition) is 3. The molecule has 2 aliphatic rings. The van der Waals surface area contributed by atoms with Gasteiger partial charge in [-0.3, -0.25) is 4.90 Å².